The van der Waals surface area contributed by atoms with Crippen LogP contribution in [0.3, 0.4) is 0 Å². The molecular formula is C72H76B2F6GeN4O6. The zero-order valence-corrected chi connectivity index (χ0v) is 54.5. The van der Waals surface area contributed by atoms with Gasteiger partial charge in [0.25, 0.3) is 0 Å². The van der Waals surface area contributed by atoms with Crippen molar-refractivity contribution in [3.63, 3.8) is 0 Å². The number of anilines is 1. The van der Waals surface area contributed by atoms with Gasteiger partial charge in [0.1, 0.15) is 0 Å². The Balaban J connectivity index is 1.28. The summed E-state index contributed by atoms with van der Waals surface area (Å²) in [5.41, 5.74) is 7.30. The quantitative estimate of drug-likeness (QED) is 0.0115. The van der Waals surface area contributed by atoms with Crippen LogP contribution in [0.1, 0.15) is 96.5 Å². The Morgan fingerprint density at radius 1 is 0.604 bits per heavy atom. The molecule has 91 heavy (non-hydrogen) atoms. The molecule has 1 aliphatic heterocycles. The Morgan fingerprint density at radius 3 is 1.71 bits per heavy atom. The van der Waals surface area contributed by atoms with Crippen molar-refractivity contribution < 1.29 is 56.0 Å². The van der Waals surface area contributed by atoms with Gasteiger partial charge >= 0.3 is 271 Å². The fourth-order valence-electron chi connectivity index (χ4n) is 12.6. The number of alkyl halides is 6. The van der Waals surface area contributed by atoms with Gasteiger partial charge in [-0.3, -0.25) is 14.5 Å². The van der Waals surface area contributed by atoms with Crippen LogP contribution in [0.5, 0.6) is 0 Å². The van der Waals surface area contributed by atoms with Gasteiger partial charge in [0.2, 0.25) is 5.91 Å². The van der Waals surface area contributed by atoms with Crippen molar-refractivity contribution in [2.24, 2.45) is 0 Å². The second-order valence-electron chi connectivity index (χ2n) is 24.4. The van der Waals surface area contributed by atoms with Crippen LogP contribution in [0.15, 0.2) is 158 Å². The van der Waals surface area contributed by atoms with Crippen molar-refractivity contribution in [2.45, 2.75) is 103 Å². The first-order chi connectivity index (χ1) is 43.1. The third-order valence-electron chi connectivity index (χ3n) is 17.6. The van der Waals surface area contributed by atoms with Gasteiger partial charge in [0.15, 0.2) is 5.78 Å². The molecule has 0 fully saturated rings. The van der Waals surface area contributed by atoms with Gasteiger partial charge < -0.3 is 25.4 Å². The molecule has 0 aliphatic carbocycles. The number of carbonyl (C=O) groups excluding carboxylic acids is 2. The predicted octanol–water partition coefficient (Wildman–Crippen LogP) is 9.99. The van der Waals surface area contributed by atoms with E-state index in [1.165, 1.54) is 19.6 Å². The summed E-state index contributed by atoms with van der Waals surface area (Å²) < 4.78 is 89.6. The first kappa shape index (κ1) is 67.8. The molecule has 0 radical (unpaired) electrons. The van der Waals surface area contributed by atoms with E-state index >= 15 is 0 Å². The van der Waals surface area contributed by atoms with Gasteiger partial charge in [-0.2, -0.15) is 26.3 Å². The Hall–Kier alpha value is -7.55. The van der Waals surface area contributed by atoms with Gasteiger partial charge in [-0.15, -0.1) is 0 Å². The number of Topliss-reactive ketones (excluding diaryl/α,β-unsaturated/α-hetero) is 1. The number of ketones is 1. The summed E-state index contributed by atoms with van der Waals surface area (Å²) in [5.74, 6) is 4.39. The Morgan fingerprint density at radius 2 is 1.16 bits per heavy atom. The van der Waals surface area contributed by atoms with Gasteiger partial charge in [0.05, 0.1) is 11.1 Å². The third kappa shape index (κ3) is 15.2. The molecule has 6 N–H and O–H groups in total. The Labute approximate surface area is 531 Å². The van der Waals surface area contributed by atoms with Crippen molar-refractivity contribution >= 4 is 97.8 Å². The average Bonchev–Trinajstić information content (AvgIpc) is 0.729. The number of nitrogens with zero attached hydrogens (tertiary/aromatic N) is 2. The number of rotatable bonds is 24. The number of hydrogen-bond acceptors (Lipinski definition) is 9. The van der Waals surface area contributed by atoms with Crippen molar-refractivity contribution in [3.05, 3.63) is 218 Å². The van der Waals surface area contributed by atoms with Crippen LogP contribution in [0, 0.1) is 6.92 Å². The number of allylic oxidation sites excluding steroid dienone is 1. The molecule has 0 spiro atoms. The number of aryl methyl sites for hydroxylation is 1. The summed E-state index contributed by atoms with van der Waals surface area (Å²) in [7, 11) is -2.28. The first-order valence-electron chi connectivity index (χ1n) is 30.5. The molecule has 9 rings (SSSR count). The maximum atomic E-state index is 14.5. The standard InChI is InChI=1S/C72H76B2F6GeN4O6/c1-10-47-20-26-58-66(34-47)81(7,8)67-39-54(82-9)25-28-59(67)69(58)60-37-48(21-19-46(60)6)49-22-27-57-61(38-49)63(43-84(32-14-13-18-68(86)44(2)3)40-50-35-52(71(75,76)77)23-29-64(50)73(88)89)56-17-12-11-16-55(56)62(57)42-85(33-15-31-83-70(87)45(4)5)41-51-36-53(72(78,79)80)24-30-65(51)74(90)91/h10-12,16-17,19-30,34-39,82,88-91H,2,4,13-15,18,31-33,40-43H2,1,3,5-9H3,(H,83,87)/b47-10+. The number of hydrogen-bond donors (Lipinski definition) is 6. The molecule has 1 amide bonds. The van der Waals surface area contributed by atoms with E-state index in [0.717, 1.165) is 108 Å². The molecule has 8 aromatic rings. The van der Waals surface area contributed by atoms with Crippen LogP contribution in [0.4, 0.5) is 32.0 Å². The first-order valence-corrected chi connectivity index (χ1v) is 36.8. The number of fused-ring (bicyclic) bond motifs is 4. The molecule has 1 heterocycles. The molecule has 0 aromatic heterocycles. The molecular weight excluding hydrogens is 1230 g/mol. The van der Waals surface area contributed by atoms with Gasteiger partial charge in [0, 0.05) is 38.2 Å². The van der Waals surface area contributed by atoms with E-state index in [2.05, 4.69) is 109 Å². The van der Waals surface area contributed by atoms with Gasteiger partial charge in [-0.05, 0) is 79.4 Å². The van der Waals surface area contributed by atoms with Crippen LogP contribution in [0.2, 0.25) is 11.5 Å². The van der Waals surface area contributed by atoms with E-state index in [1.54, 1.807) is 13.8 Å². The number of carbonyl (C=O) groups is 2. The van der Waals surface area contributed by atoms with Crippen LogP contribution in [-0.2, 0) is 48.1 Å². The summed E-state index contributed by atoms with van der Waals surface area (Å²) in [5, 5.41) is 54.0. The number of benzene rings is 8. The van der Waals surface area contributed by atoms with E-state index in [0.29, 0.717) is 30.4 Å². The predicted molar refractivity (Wildman–Crippen MR) is 359 cm³/mol. The van der Waals surface area contributed by atoms with Crippen molar-refractivity contribution in [3.8, 4) is 11.1 Å². The molecule has 472 valence electrons. The second kappa shape index (κ2) is 28.1. The minimum absolute atomic E-state index is 0.0282. The fourth-order valence-corrected chi connectivity index (χ4v) is 19.1. The maximum absolute atomic E-state index is 14.5. The molecule has 0 saturated carbocycles. The van der Waals surface area contributed by atoms with Crippen molar-refractivity contribution in [1.29, 1.82) is 0 Å². The number of nitrogens with one attached hydrogen (secondary N) is 2. The van der Waals surface area contributed by atoms with E-state index in [1.807, 2.05) is 60.2 Å². The molecule has 1 aliphatic rings. The van der Waals surface area contributed by atoms with E-state index in [9.17, 15) is 56.0 Å². The summed E-state index contributed by atoms with van der Waals surface area (Å²) in [6.45, 7) is 15.4. The molecule has 0 atom stereocenters. The monoisotopic (exact) mass is 1300 g/mol. The Kier molecular flexibility index (Phi) is 21.0. The van der Waals surface area contributed by atoms with Crippen LogP contribution in [-0.4, -0.2) is 95.8 Å². The summed E-state index contributed by atoms with van der Waals surface area (Å²) in [6.07, 6.45) is -5.99. The molecule has 0 saturated heterocycles. The molecule has 8 aromatic carbocycles. The van der Waals surface area contributed by atoms with Crippen LogP contribution < -0.4 is 40.8 Å². The SMILES string of the molecule is C=C(C)C(=O)CCCCN(Cc1cc(C(F)(F)F)ccc1B(O)O)Cc1c2ccccc2c(CN(CCCNC(=O)C(=C)C)Cc2cc(C(F)(F)F)ccc2B(O)O)c2ccc(-c3ccc(C)c(C4=c5cc/c(=C\C)c[c]5[Ge]([CH3])([CH3])[c]5cc(NC)ccc54)c3)cc12. The summed E-state index contributed by atoms with van der Waals surface area (Å²) >= 11 is -2.95. The Bertz CT molecular complexity index is 4260. The second-order valence-corrected chi connectivity index (χ2v) is 33.5. The van der Waals surface area contributed by atoms with Crippen LogP contribution >= 0.6 is 0 Å². The van der Waals surface area contributed by atoms with Crippen molar-refractivity contribution in [1.82, 2.24) is 15.1 Å². The van der Waals surface area contributed by atoms with E-state index in [4.69, 9.17) is 0 Å². The average molecular weight is 1300 g/mol. The molecule has 10 nitrogen and oxygen atoms in total. The van der Waals surface area contributed by atoms with E-state index in [-0.39, 0.29) is 86.0 Å². The number of halogens is 6. The zero-order valence-electron chi connectivity index (χ0n) is 52.4. The normalized spacial score (nSPS) is 13.2. The fraction of sp³-hybridized carbons (Fsp3) is 0.278. The summed E-state index contributed by atoms with van der Waals surface area (Å²) in [4.78, 5) is 29.4. The van der Waals surface area contributed by atoms with Crippen molar-refractivity contribution in [2.75, 3.05) is 32.0 Å². The zero-order chi connectivity index (χ0) is 65.9. The van der Waals surface area contributed by atoms with Crippen LogP contribution in [0.25, 0.3) is 44.3 Å². The topological polar surface area (TPSA) is 146 Å². The molecule has 19 heteroatoms. The van der Waals surface area contributed by atoms with Gasteiger partial charge in [-0.25, -0.2) is 0 Å². The third-order valence-corrected chi connectivity index (χ3v) is 25.0. The van der Waals surface area contributed by atoms with Gasteiger partial charge in [-0.1, -0.05) is 55.6 Å². The molecule has 0 unspecified atom stereocenters. The summed E-state index contributed by atoms with van der Waals surface area (Å²) in [6, 6.07) is 39.2. The molecule has 0 bridgehead atoms. The minimum atomic E-state index is -4.75. The number of unbranched alkanes of at least 4 members (excludes halogenated alkanes) is 1. The van der Waals surface area contributed by atoms with E-state index < -0.39 is 51.0 Å². The number of amides is 1.